The number of benzene rings is 2. The summed E-state index contributed by atoms with van der Waals surface area (Å²) in [6, 6.07) is 11.9. The molecule has 0 radical (unpaired) electrons. The van der Waals surface area contributed by atoms with Crippen LogP contribution in [0.2, 0.25) is 0 Å². The molecule has 25 heavy (non-hydrogen) atoms. The summed E-state index contributed by atoms with van der Waals surface area (Å²) in [5.74, 6) is -0.176. The van der Waals surface area contributed by atoms with Gasteiger partial charge in [-0.15, -0.1) is 11.6 Å². The Balaban J connectivity index is 1.95. The zero-order valence-electron chi connectivity index (χ0n) is 14.4. The van der Waals surface area contributed by atoms with Crippen LogP contribution in [0.1, 0.15) is 28.7 Å². The Morgan fingerprint density at radius 1 is 1.16 bits per heavy atom. The molecular formula is C20H21ClN2O2. The fourth-order valence-electron chi connectivity index (χ4n) is 3.07. The predicted molar refractivity (Wildman–Crippen MR) is 101 cm³/mol. The molecule has 0 saturated heterocycles. The van der Waals surface area contributed by atoms with E-state index in [0.717, 1.165) is 33.6 Å². The molecule has 1 heterocycles. The van der Waals surface area contributed by atoms with Gasteiger partial charge in [-0.2, -0.15) is 0 Å². The Hall–Kier alpha value is -2.33. The molecule has 0 bridgehead atoms. The molecular weight excluding hydrogens is 336 g/mol. The zero-order valence-corrected chi connectivity index (χ0v) is 15.2. The first-order valence-corrected chi connectivity index (χ1v) is 8.86. The number of hydrogen-bond donors (Lipinski definition) is 1. The molecule has 5 heteroatoms. The minimum Gasteiger partial charge on any atom is -0.326 e. The van der Waals surface area contributed by atoms with Crippen molar-refractivity contribution in [2.45, 2.75) is 33.2 Å². The molecule has 0 aliphatic carbocycles. The van der Waals surface area contributed by atoms with E-state index in [1.807, 2.05) is 32.0 Å². The summed E-state index contributed by atoms with van der Waals surface area (Å²) in [5, 5.41) is 2.87. The average Bonchev–Trinajstić information content (AvgIpc) is 2.61. The Bertz CT molecular complexity index is 832. The van der Waals surface area contributed by atoms with Crippen LogP contribution in [0.5, 0.6) is 0 Å². The van der Waals surface area contributed by atoms with E-state index in [1.54, 1.807) is 4.90 Å². The van der Waals surface area contributed by atoms with Crippen molar-refractivity contribution in [1.82, 2.24) is 0 Å². The summed E-state index contributed by atoms with van der Waals surface area (Å²) >= 11 is 5.85. The highest BCUT2D eigenvalue weighted by molar-refractivity contribution is 6.29. The number of halogens is 1. The van der Waals surface area contributed by atoms with Crippen molar-refractivity contribution in [3.05, 3.63) is 58.7 Å². The normalized spacial score (nSPS) is 13.2. The van der Waals surface area contributed by atoms with E-state index in [9.17, 15) is 9.59 Å². The lowest BCUT2D eigenvalue weighted by atomic mass is 10.0. The minimum atomic E-state index is -0.137. The summed E-state index contributed by atoms with van der Waals surface area (Å²) in [4.78, 5) is 25.7. The smallest absolute Gasteiger partial charge is 0.242 e. The summed E-state index contributed by atoms with van der Waals surface area (Å²) in [6.07, 6.45) is 1.15. The van der Waals surface area contributed by atoms with E-state index < -0.39 is 0 Å². The maximum Gasteiger partial charge on any atom is 0.242 e. The maximum atomic E-state index is 12.5. The number of nitrogens with zero attached hydrogens (tertiary/aromatic N) is 1. The second kappa shape index (κ2) is 7.28. The average molecular weight is 357 g/mol. The number of amides is 2. The van der Waals surface area contributed by atoms with Crippen LogP contribution in [0.15, 0.2) is 36.4 Å². The van der Waals surface area contributed by atoms with Gasteiger partial charge in [-0.3, -0.25) is 9.59 Å². The zero-order chi connectivity index (χ0) is 18.0. The van der Waals surface area contributed by atoms with Gasteiger partial charge in [-0.25, -0.2) is 0 Å². The number of carbonyl (C=O) groups is 2. The Kier molecular flexibility index (Phi) is 5.09. The first-order valence-electron chi connectivity index (χ1n) is 8.33. The van der Waals surface area contributed by atoms with Crippen LogP contribution in [0.3, 0.4) is 0 Å². The third-order valence-corrected chi connectivity index (χ3v) is 4.77. The fourth-order valence-corrected chi connectivity index (χ4v) is 3.22. The number of aryl methyl sites for hydroxylation is 3. The van der Waals surface area contributed by atoms with Gasteiger partial charge < -0.3 is 10.2 Å². The number of fused-ring (bicyclic) bond motifs is 1. The SMILES string of the molecule is Cc1ccc(C)c(CN(C(=O)CCl)c2ccc3c(c2)CCC(=O)N3)c1. The van der Waals surface area contributed by atoms with Crippen LogP contribution in [0.4, 0.5) is 11.4 Å². The topological polar surface area (TPSA) is 49.4 Å². The molecule has 130 valence electrons. The number of hydrogen-bond acceptors (Lipinski definition) is 2. The van der Waals surface area contributed by atoms with Crippen molar-refractivity contribution < 1.29 is 9.59 Å². The van der Waals surface area contributed by atoms with Gasteiger partial charge in [0, 0.05) is 17.8 Å². The van der Waals surface area contributed by atoms with Gasteiger partial charge in [0.1, 0.15) is 5.88 Å². The number of alkyl halides is 1. The molecule has 2 amide bonds. The van der Waals surface area contributed by atoms with E-state index in [4.69, 9.17) is 11.6 Å². The van der Waals surface area contributed by atoms with E-state index in [1.165, 1.54) is 0 Å². The van der Waals surface area contributed by atoms with Crippen molar-refractivity contribution in [1.29, 1.82) is 0 Å². The lowest BCUT2D eigenvalue weighted by Crippen LogP contribution is -2.32. The molecule has 0 unspecified atom stereocenters. The summed E-state index contributed by atoms with van der Waals surface area (Å²) in [7, 11) is 0. The first kappa shape index (κ1) is 17.5. The lowest BCUT2D eigenvalue weighted by Gasteiger charge is -2.25. The number of carbonyl (C=O) groups excluding carboxylic acids is 2. The quantitative estimate of drug-likeness (QED) is 0.843. The van der Waals surface area contributed by atoms with Gasteiger partial charge in [-0.05, 0) is 55.2 Å². The molecule has 1 aliphatic heterocycles. The third-order valence-electron chi connectivity index (χ3n) is 4.54. The number of anilines is 2. The van der Waals surface area contributed by atoms with Crippen molar-refractivity contribution in [3.63, 3.8) is 0 Å². The Morgan fingerprint density at radius 2 is 1.96 bits per heavy atom. The van der Waals surface area contributed by atoms with Gasteiger partial charge in [0.2, 0.25) is 11.8 Å². The highest BCUT2D eigenvalue weighted by Crippen LogP contribution is 2.29. The molecule has 3 rings (SSSR count). The molecule has 1 aliphatic rings. The van der Waals surface area contributed by atoms with Crippen molar-refractivity contribution in [3.8, 4) is 0 Å². The second-order valence-corrected chi connectivity index (χ2v) is 6.70. The monoisotopic (exact) mass is 356 g/mol. The summed E-state index contributed by atoms with van der Waals surface area (Å²) < 4.78 is 0. The van der Waals surface area contributed by atoms with Gasteiger partial charge in [-0.1, -0.05) is 23.8 Å². The third kappa shape index (κ3) is 3.85. The number of nitrogens with one attached hydrogen (secondary N) is 1. The van der Waals surface area contributed by atoms with Gasteiger partial charge in [0.15, 0.2) is 0 Å². The van der Waals surface area contributed by atoms with E-state index in [0.29, 0.717) is 19.4 Å². The van der Waals surface area contributed by atoms with Crippen molar-refractivity contribution >= 4 is 34.8 Å². The van der Waals surface area contributed by atoms with Crippen LogP contribution in [-0.2, 0) is 22.6 Å². The van der Waals surface area contributed by atoms with E-state index >= 15 is 0 Å². The fraction of sp³-hybridized carbons (Fsp3) is 0.300. The van der Waals surface area contributed by atoms with Crippen molar-refractivity contribution in [2.75, 3.05) is 16.1 Å². The largest absolute Gasteiger partial charge is 0.326 e. The van der Waals surface area contributed by atoms with Gasteiger partial charge in [0.25, 0.3) is 0 Å². The van der Waals surface area contributed by atoms with Gasteiger partial charge in [0.05, 0.1) is 6.54 Å². The molecule has 2 aromatic carbocycles. The standard InChI is InChI=1S/C20H21ClN2O2/c1-13-3-4-14(2)16(9-13)12-23(20(25)11-21)17-6-7-18-15(10-17)5-8-19(24)22-18/h3-4,6-7,9-10H,5,8,11-12H2,1-2H3,(H,22,24). The Labute approximate surface area is 152 Å². The second-order valence-electron chi connectivity index (χ2n) is 6.43. The molecule has 0 aromatic heterocycles. The molecule has 4 nitrogen and oxygen atoms in total. The maximum absolute atomic E-state index is 12.5. The van der Waals surface area contributed by atoms with Crippen LogP contribution in [0.25, 0.3) is 0 Å². The summed E-state index contributed by atoms with van der Waals surface area (Å²) in [5.41, 5.74) is 6.08. The predicted octanol–water partition coefficient (Wildman–Crippen LogP) is 3.96. The first-order chi connectivity index (χ1) is 12.0. The molecule has 0 atom stereocenters. The Morgan fingerprint density at radius 3 is 2.72 bits per heavy atom. The van der Waals surface area contributed by atoms with E-state index in [2.05, 4.69) is 23.5 Å². The highest BCUT2D eigenvalue weighted by atomic mass is 35.5. The molecule has 0 saturated carbocycles. The van der Waals surface area contributed by atoms with Crippen LogP contribution < -0.4 is 10.2 Å². The van der Waals surface area contributed by atoms with Crippen LogP contribution >= 0.6 is 11.6 Å². The molecule has 1 N–H and O–H groups in total. The summed E-state index contributed by atoms with van der Waals surface area (Å²) in [6.45, 7) is 4.56. The molecule has 2 aromatic rings. The minimum absolute atomic E-state index is 0.0318. The highest BCUT2D eigenvalue weighted by Gasteiger charge is 2.20. The van der Waals surface area contributed by atoms with E-state index in [-0.39, 0.29) is 17.7 Å². The van der Waals surface area contributed by atoms with Crippen LogP contribution in [-0.4, -0.2) is 17.7 Å². The van der Waals surface area contributed by atoms with Crippen molar-refractivity contribution in [2.24, 2.45) is 0 Å². The van der Waals surface area contributed by atoms with Gasteiger partial charge >= 0.3 is 0 Å². The van der Waals surface area contributed by atoms with Crippen LogP contribution in [0, 0.1) is 13.8 Å². The molecule has 0 fully saturated rings. The molecule has 0 spiro atoms. The number of rotatable bonds is 4. The lowest BCUT2D eigenvalue weighted by molar-refractivity contribution is -0.117.